The summed E-state index contributed by atoms with van der Waals surface area (Å²) in [6.07, 6.45) is 4.84. The highest BCUT2D eigenvalue weighted by Gasteiger charge is 2.20. The number of ether oxygens (including phenoxy) is 1. The van der Waals surface area contributed by atoms with E-state index in [0.717, 1.165) is 0 Å². The van der Waals surface area contributed by atoms with E-state index < -0.39 is 4.92 Å². The van der Waals surface area contributed by atoms with Crippen molar-refractivity contribution in [1.29, 1.82) is 0 Å². The van der Waals surface area contributed by atoms with E-state index >= 15 is 0 Å². The molecular weight excluding hydrogens is 210 g/mol. The van der Waals surface area contributed by atoms with Crippen molar-refractivity contribution >= 4 is 11.8 Å². The minimum absolute atomic E-state index is 0.0194. The van der Waals surface area contributed by atoms with Crippen LogP contribution >= 0.6 is 0 Å². The Bertz CT molecular complexity index is 416. The molecule has 1 aromatic heterocycles. The molecule has 1 aromatic rings. The monoisotopic (exact) mass is 223 g/mol. The summed E-state index contributed by atoms with van der Waals surface area (Å²) in [7, 11) is 5.02. The van der Waals surface area contributed by atoms with E-state index in [1.54, 1.807) is 23.2 Å². The first-order valence-electron chi connectivity index (χ1n) is 4.58. The first kappa shape index (κ1) is 12.0. The molecule has 0 saturated carbocycles. The number of nitro groups is 1. The maximum absolute atomic E-state index is 10.9. The molecule has 0 atom stereocenters. The van der Waals surface area contributed by atoms with E-state index in [-0.39, 0.29) is 11.6 Å². The highest BCUT2D eigenvalue weighted by Crippen LogP contribution is 2.28. The zero-order chi connectivity index (χ0) is 12.1. The van der Waals surface area contributed by atoms with Crippen molar-refractivity contribution < 1.29 is 9.66 Å². The van der Waals surface area contributed by atoms with Crippen molar-refractivity contribution in [1.82, 2.24) is 9.88 Å². The molecule has 1 rings (SSSR count). The van der Waals surface area contributed by atoms with Gasteiger partial charge in [-0.05, 0) is 18.3 Å². The van der Waals surface area contributed by atoms with E-state index in [1.807, 2.05) is 14.1 Å². The predicted octanol–water partition coefficient (Wildman–Crippen LogP) is 1.53. The number of pyridine rings is 1. The van der Waals surface area contributed by atoms with Gasteiger partial charge in [-0.3, -0.25) is 10.1 Å². The Labute approximate surface area is 93.3 Å². The molecule has 0 unspecified atom stereocenters. The molecule has 0 amide bonds. The Morgan fingerprint density at radius 3 is 2.75 bits per heavy atom. The minimum atomic E-state index is -0.499. The lowest BCUT2D eigenvalue weighted by Gasteiger charge is -2.05. The Hall–Kier alpha value is -2.11. The Kier molecular flexibility index (Phi) is 3.82. The fourth-order valence-corrected chi connectivity index (χ4v) is 1.15. The summed E-state index contributed by atoms with van der Waals surface area (Å²) in [4.78, 5) is 16.0. The quantitative estimate of drug-likeness (QED) is 0.572. The molecule has 0 fully saturated rings. The van der Waals surface area contributed by atoms with E-state index in [9.17, 15) is 10.1 Å². The van der Waals surface area contributed by atoms with Crippen molar-refractivity contribution in [2.45, 2.75) is 0 Å². The van der Waals surface area contributed by atoms with Gasteiger partial charge < -0.3 is 9.64 Å². The van der Waals surface area contributed by atoms with Crippen LogP contribution in [0.1, 0.15) is 5.56 Å². The van der Waals surface area contributed by atoms with Crippen LogP contribution < -0.4 is 4.74 Å². The van der Waals surface area contributed by atoms with Crippen LogP contribution in [0.15, 0.2) is 18.5 Å². The molecule has 0 aromatic carbocycles. The van der Waals surface area contributed by atoms with Gasteiger partial charge in [-0.2, -0.15) is 0 Å². The molecule has 0 N–H and O–H groups in total. The van der Waals surface area contributed by atoms with Crippen LogP contribution in [0.5, 0.6) is 5.88 Å². The second kappa shape index (κ2) is 5.11. The number of hydrogen-bond donors (Lipinski definition) is 0. The number of aromatic nitrogens is 1. The maximum atomic E-state index is 10.9. The van der Waals surface area contributed by atoms with Crippen LogP contribution in [0.3, 0.4) is 0 Å². The van der Waals surface area contributed by atoms with Crippen molar-refractivity contribution in [3.63, 3.8) is 0 Å². The number of hydrogen-bond acceptors (Lipinski definition) is 5. The zero-order valence-corrected chi connectivity index (χ0v) is 9.38. The molecule has 0 bridgehead atoms. The highest BCUT2D eigenvalue weighted by molar-refractivity contribution is 5.64. The summed E-state index contributed by atoms with van der Waals surface area (Å²) in [6, 6.07) is 1.57. The van der Waals surface area contributed by atoms with Crippen LogP contribution in [-0.2, 0) is 0 Å². The highest BCUT2D eigenvalue weighted by atomic mass is 16.6. The fourth-order valence-electron chi connectivity index (χ4n) is 1.15. The maximum Gasteiger partial charge on any atom is 0.338 e. The van der Waals surface area contributed by atoms with Crippen LogP contribution in [-0.4, -0.2) is 36.0 Å². The molecule has 0 aliphatic heterocycles. The molecule has 16 heavy (non-hydrogen) atoms. The third-order valence-electron chi connectivity index (χ3n) is 1.85. The van der Waals surface area contributed by atoms with Gasteiger partial charge in [0.15, 0.2) is 0 Å². The average Bonchev–Trinajstić information content (AvgIpc) is 2.25. The number of nitrogens with zero attached hydrogens (tertiary/aromatic N) is 3. The minimum Gasteiger partial charge on any atom is -0.476 e. The molecule has 0 saturated heterocycles. The van der Waals surface area contributed by atoms with Crippen molar-refractivity contribution in [2.75, 3.05) is 21.2 Å². The predicted molar refractivity (Wildman–Crippen MR) is 60.2 cm³/mol. The Morgan fingerprint density at radius 1 is 1.56 bits per heavy atom. The van der Waals surface area contributed by atoms with Gasteiger partial charge in [-0.25, -0.2) is 4.98 Å². The third kappa shape index (κ3) is 2.69. The molecule has 86 valence electrons. The Morgan fingerprint density at radius 2 is 2.25 bits per heavy atom. The summed E-state index contributed by atoms with van der Waals surface area (Å²) < 4.78 is 4.85. The van der Waals surface area contributed by atoms with E-state index in [0.29, 0.717) is 5.56 Å². The molecular formula is C10H13N3O3. The van der Waals surface area contributed by atoms with E-state index in [2.05, 4.69) is 4.98 Å². The zero-order valence-electron chi connectivity index (χ0n) is 9.38. The summed E-state index contributed by atoms with van der Waals surface area (Å²) in [5.41, 5.74) is 0.341. The molecule has 1 heterocycles. The van der Waals surface area contributed by atoms with E-state index in [4.69, 9.17) is 4.74 Å². The lowest BCUT2D eigenvalue weighted by atomic mass is 10.2. The number of methoxy groups -OCH3 is 1. The average molecular weight is 223 g/mol. The van der Waals surface area contributed by atoms with Crippen LogP contribution in [0.4, 0.5) is 5.69 Å². The molecule has 0 aliphatic rings. The van der Waals surface area contributed by atoms with Gasteiger partial charge in [0.2, 0.25) is 0 Å². The van der Waals surface area contributed by atoms with Crippen molar-refractivity contribution in [3.05, 3.63) is 34.1 Å². The topological polar surface area (TPSA) is 68.5 Å². The molecule has 0 spiro atoms. The molecule has 0 aliphatic carbocycles. The smallest absolute Gasteiger partial charge is 0.338 e. The molecule has 6 heteroatoms. The van der Waals surface area contributed by atoms with Crippen molar-refractivity contribution in [2.24, 2.45) is 0 Å². The van der Waals surface area contributed by atoms with Crippen LogP contribution in [0.2, 0.25) is 0 Å². The first-order valence-corrected chi connectivity index (χ1v) is 4.58. The van der Waals surface area contributed by atoms with Crippen LogP contribution in [0.25, 0.3) is 6.08 Å². The van der Waals surface area contributed by atoms with Gasteiger partial charge in [0.25, 0.3) is 5.88 Å². The fraction of sp³-hybridized carbons (Fsp3) is 0.300. The molecule has 0 radical (unpaired) electrons. The largest absolute Gasteiger partial charge is 0.476 e. The van der Waals surface area contributed by atoms with Gasteiger partial charge in [0.1, 0.15) is 0 Å². The van der Waals surface area contributed by atoms with Gasteiger partial charge in [-0.1, -0.05) is 0 Å². The standard InChI is InChI=1S/C10H13N3O3/c1-12(2)7-5-8-4-6-11-10(16-3)9(8)13(14)15/h4-7H,1-3H3/b7-5+. The second-order valence-electron chi connectivity index (χ2n) is 3.29. The lowest BCUT2D eigenvalue weighted by Crippen LogP contribution is -2.01. The normalized spacial score (nSPS) is 10.4. The van der Waals surface area contributed by atoms with Gasteiger partial charge in [0, 0.05) is 20.3 Å². The van der Waals surface area contributed by atoms with Crippen LogP contribution in [0, 0.1) is 10.1 Å². The summed E-state index contributed by atoms with van der Waals surface area (Å²) >= 11 is 0. The lowest BCUT2D eigenvalue weighted by molar-refractivity contribution is -0.386. The van der Waals surface area contributed by atoms with Gasteiger partial charge in [-0.15, -0.1) is 0 Å². The molecule has 6 nitrogen and oxygen atoms in total. The summed E-state index contributed by atoms with van der Waals surface area (Å²) in [5, 5.41) is 10.9. The third-order valence-corrected chi connectivity index (χ3v) is 1.85. The number of rotatable bonds is 4. The van der Waals surface area contributed by atoms with Crippen molar-refractivity contribution in [3.8, 4) is 5.88 Å². The van der Waals surface area contributed by atoms with E-state index in [1.165, 1.54) is 13.3 Å². The summed E-state index contributed by atoms with van der Waals surface area (Å²) in [6.45, 7) is 0. The first-order chi connectivity index (χ1) is 7.56. The summed E-state index contributed by atoms with van der Waals surface area (Å²) in [5.74, 6) is 0.0194. The Balaban J connectivity index is 3.22. The SMILES string of the molecule is COc1nccc(/C=C/N(C)C)c1[N+](=O)[O-]. The van der Waals surface area contributed by atoms with Gasteiger partial charge in [0.05, 0.1) is 17.6 Å². The van der Waals surface area contributed by atoms with Gasteiger partial charge >= 0.3 is 5.69 Å². The second-order valence-corrected chi connectivity index (χ2v) is 3.29.